The molecule has 52 heavy (non-hydrogen) atoms. The quantitative estimate of drug-likeness (QED) is 0.168. The third-order valence-electron chi connectivity index (χ3n) is 9.57. The van der Waals surface area contributed by atoms with Crippen LogP contribution in [0.15, 0.2) is 174 Å². The van der Waals surface area contributed by atoms with Gasteiger partial charge in [-0.2, -0.15) is 0 Å². The molecule has 10 aromatic rings. The number of fused-ring (bicyclic) bond motifs is 10. The van der Waals surface area contributed by atoms with E-state index < -0.39 is 256 Å². The Hall–Kier alpha value is -6.44. The van der Waals surface area contributed by atoms with Crippen LogP contribution >= 0.6 is 0 Å². The van der Waals surface area contributed by atoms with Crippen molar-refractivity contribution in [2.45, 2.75) is 19.3 Å². The first-order chi connectivity index (χ1) is 36.8. The zero-order chi connectivity index (χ0) is 58.0. The summed E-state index contributed by atoms with van der Waals surface area (Å²) in [5.74, 6) is 0. The second-order valence-electron chi connectivity index (χ2n) is 12.7. The van der Waals surface area contributed by atoms with Crippen molar-refractivity contribution in [2.24, 2.45) is 0 Å². The maximum absolute atomic E-state index is 10.1. The largest absolute Gasteiger partial charge is 0.455 e. The molecule has 244 valence electrons. The SMILES string of the molecule is [2H]c1cc(-c2c([2H])c([2H])c([2H])c3c2-c2c([2H])c([2H])c([2H])c([2H])c2C3(C)C)c([2H])c(-c2c3c([2H])c([2H])c([2H])c([2H])c3c(-c3c([2H])c([2H])c4oc5c6c([2H])c([2H])c([2H])c([2H])c6c([2H])c([2H])c5c4c3[2H])c3c([2H])c([2H])c([2H])c([2H])c23)c1[2H]. The molecule has 1 aromatic heterocycles. The summed E-state index contributed by atoms with van der Waals surface area (Å²) in [7, 11) is 0. The fourth-order valence-corrected chi connectivity index (χ4v) is 7.22. The van der Waals surface area contributed by atoms with Crippen LogP contribution in [0.5, 0.6) is 0 Å². The minimum Gasteiger partial charge on any atom is -0.455 e. The average molecular weight is 690 g/mol. The molecule has 9 aromatic carbocycles. The highest BCUT2D eigenvalue weighted by atomic mass is 16.3. The van der Waals surface area contributed by atoms with Crippen molar-refractivity contribution < 1.29 is 41.4 Å². The Balaban J connectivity index is 1.38. The molecule has 0 atom stereocenters. The Morgan fingerprint density at radius 2 is 1.04 bits per heavy atom. The van der Waals surface area contributed by atoms with Crippen molar-refractivity contribution in [3.63, 3.8) is 0 Å². The molecule has 0 aliphatic heterocycles. The summed E-state index contributed by atoms with van der Waals surface area (Å²) in [6, 6.07) is -20.8. The molecule has 0 fully saturated rings. The Bertz CT molecular complexity index is 4570. The van der Waals surface area contributed by atoms with Crippen LogP contribution in [0.2, 0.25) is 0 Å². The van der Waals surface area contributed by atoms with Crippen LogP contribution in [0.4, 0.5) is 0 Å². The first-order valence-corrected chi connectivity index (χ1v) is 16.0. The Morgan fingerprint density at radius 1 is 0.423 bits per heavy atom. The molecule has 11 rings (SSSR count). The van der Waals surface area contributed by atoms with Crippen LogP contribution in [0.1, 0.15) is 62.0 Å². The standard InChI is InChI=1S/C51H34O/c1-51(2)44-23-10-9-21-42(44)49-35(22-12-24-45(49)51)32-14-11-15-33(29-32)47-37-17-5-7-19-39(37)48(40-20-8-6-18-38(40)47)34-26-28-46-43(30-34)41-27-25-31-13-3-4-16-36(31)50(41)52-46/h3-30H,1-2H3/i3D,4D,5D,6D,7D,8D,9D,10D,11D,12D,13D,15D,16D,17D,18D,19D,20D,21D,22D,23D,24D,25D,26D,27D,28D,29D,30D. The fourth-order valence-electron chi connectivity index (χ4n) is 7.22. The number of rotatable bonds is 3. The molecule has 1 aliphatic carbocycles. The Labute approximate surface area is 340 Å². The van der Waals surface area contributed by atoms with E-state index in [1.165, 1.54) is 0 Å². The van der Waals surface area contributed by atoms with Gasteiger partial charge in [0.1, 0.15) is 11.2 Å². The van der Waals surface area contributed by atoms with E-state index in [-0.39, 0.29) is 22.3 Å². The van der Waals surface area contributed by atoms with Crippen LogP contribution in [-0.2, 0) is 5.41 Å². The van der Waals surface area contributed by atoms with Gasteiger partial charge in [0, 0.05) is 21.6 Å². The van der Waals surface area contributed by atoms with Crippen molar-refractivity contribution in [2.75, 3.05) is 0 Å². The number of hydrogen-bond acceptors (Lipinski definition) is 1. The summed E-state index contributed by atoms with van der Waals surface area (Å²) >= 11 is 0. The summed E-state index contributed by atoms with van der Waals surface area (Å²) in [6.07, 6.45) is 0. The molecular weight excluding hydrogens is 629 g/mol. The van der Waals surface area contributed by atoms with Crippen LogP contribution in [0.25, 0.3) is 98.8 Å². The molecule has 0 spiro atoms. The number of benzene rings is 9. The van der Waals surface area contributed by atoms with Gasteiger partial charge in [0.05, 0.1) is 37.0 Å². The lowest BCUT2D eigenvalue weighted by Crippen LogP contribution is -2.14. The smallest absolute Gasteiger partial charge is 0.143 e. The van der Waals surface area contributed by atoms with E-state index in [9.17, 15) is 15.1 Å². The highest BCUT2D eigenvalue weighted by Crippen LogP contribution is 2.52. The van der Waals surface area contributed by atoms with Gasteiger partial charge >= 0.3 is 0 Å². The molecule has 0 N–H and O–H groups in total. The van der Waals surface area contributed by atoms with Crippen molar-refractivity contribution in [3.8, 4) is 44.5 Å². The van der Waals surface area contributed by atoms with Crippen molar-refractivity contribution in [1.82, 2.24) is 0 Å². The summed E-state index contributed by atoms with van der Waals surface area (Å²) in [5, 5.41) is -4.58. The summed E-state index contributed by atoms with van der Waals surface area (Å²) in [6.45, 7) is 3.09. The minimum atomic E-state index is -1.46. The molecule has 1 heteroatoms. The van der Waals surface area contributed by atoms with Crippen LogP contribution in [-0.4, -0.2) is 0 Å². The van der Waals surface area contributed by atoms with Gasteiger partial charge in [-0.15, -0.1) is 0 Å². The van der Waals surface area contributed by atoms with Crippen molar-refractivity contribution in [1.29, 1.82) is 0 Å². The molecule has 0 saturated heterocycles. The van der Waals surface area contributed by atoms with Gasteiger partial charge in [-0.1, -0.05) is 159 Å². The van der Waals surface area contributed by atoms with Gasteiger partial charge < -0.3 is 4.42 Å². The van der Waals surface area contributed by atoms with Gasteiger partial charge in [-0.25, -0.2) is 0 Å². The van der Waals surface area contributed by atoms with E-state index in [1.807, 2.05) is 0 Å². The third-order valence-corrected chi connectivity index (χ3v) is 9.57. The van der Waals surface area contributed by atoms with Crippen LogP contribution in [0.3, 0.4) is 0 Å². The molecule has 0 unspecified atom stereocenters. The molecule has 0 amide bonds. The number of hydrogen-bond donors (Lipinski definition) is 0. The lowest BCUT2D eigenvalue weighted by atomic mass is 9.82. The second kappa shape index (κ2) is 10.8. The Morgan fingerprint density at radius 3 is 1.79 bits per heavy atom. The fraction of sp³-hybridized carbons (Fsp3) is 0.0588. The van der Waals surface area contributed by atoms with Gasteiger partial charge in [0.15, 0.2) is 0 Å². The number of furan rings is 1. The van der Waals surface area contributed by atoms with Gasteiger partial charge in [0.25, 0.3) is 0 Å². The second-order valence-corrected chi connectivity index (χ2v) is 12.7. The molecule has 0 bridgehead atoms. The van der Waals surface area contributed by atoms with E-state index >= 15 is 0 Å². The van der Waals surface area contributed by atoms with Gasteiger partial charge in [0.2, 0.25) is 0 Å². The predicted molar refractivity (Wildman–Crippen MR) is 220 cm³/mol. The predicted octanol–water partition coefficient (Wildman–Crippen LogP) is 14.4. The monoisotopic (exact) mass is 689 g/mol. The van der Waals surface area contributed by atoms with E-state index in [4.69, 9.17) is 26.3 Å². The minimum absolute atomic E-state index is 0.0111. The molecule has 1 aliphatic rings. The highest BCUT2D eigenvalue weighted by Gasteiger charge is 2.36. The van der Waals surface area contributed by atoms with Crippen molar-refractivity contribution in [3.05, 3.63) is 180 Å². The van der Waals surface area contributed by atoms with Crippen molar-refractivity contribution >= 4 is 54.3 Å². The zero-order valence-corrected chi connectivity index (χ0v) is 27.0. The molecular formula is C51H34O. The topological polar surface area (TPSA) is 13.1 Å². The maximum Gasteiger partial charge on any atom is 0.143 e. The van der Waals surface area contributed by atoms with Crippen LogP contribution in [0, 0.1) is 0 Å². The lowest BCUT2D eigenvalue weighted by molar-refractivity contribution is 0.660. The highest BCUT2D eigenvalue weighted by molar-refractivity contribution is 6.23. The van der Waals surface area contributed by atoms with Gasteiger partial charge in [-0.3, -0.25) is 0 Å². The Kier molecular flexibility index (Phi) is 2.75. The zero-order valence-electron chi connectivity index (χ0n) is 54.0. The summed E-state index contributed by atoms with van der Waals surface area (Å²) in [4.78, 5) is 0. The summed E-state index contributed by atoms with van der Waals surface area (Å²) in [5.41, 5.74) is -6.67. The molecule has 0 radical (unpaired) electrons. The van der Waals surface area contributed by atoms with E-state index in [2.05, 4.69) is 0 Å². The van der Waals surface area contributed by atoms with E-state index in [1.54, 1.807) is 13.8 Å². The average Bonchev–Trinajstić information content (AvgIpc) is 4.04. The maximum atomic E-state index is 10.1. The molecule has 1 heterocycles. The normalized spacial score (nSPS) is 20.6. The lowest BCUT2D eigenvalue weighted by Gasteiger charge is -2.21. The van der Waals surface area contributed by atoms with E-state index in [0.29, 0.717) is 0 Å². The van der Waals surface area contributed by atoms with E-state index in [0.717, 1.165) is 6.07 Å². The summed E-state index contributed by atoms with van der Waals surface area (Å²) < 4.78 is 253. The molecule has 1 nitrogen and oxygen atoms in total. The first kappa shape index (κ1) is 13.3. The first-order valence-electron chi connectivity index (χ1n) is 29.5. The third kappa shape index (κ3) is 4.05. The van der Waals surface area contributed by atoms with Crippen LogP contribution < -0.4 is 0 Å². The molecule has 0 saturated carbocycles. The van der Waals surface area contributed by atoms with Gasteiger partial charge in [-0.05, 0) is 107 Å².